The molecule has 2 aromatic rings. The number of amides is 1. The summed E-state index contributed by atoms with van der Waals surface area (Å²) < 4.78 is 18.1. The van der Waals surface area contributed by atoms with Crippen LogP contribution in [0.1, 0.15) is 17.4 Å². The first-order valence-corrected chi connectivity index (χ1v) is 6.35. The van der Waals surface area contributed by atoms with Gasteiger partial charge in [0.25, 0.3) is 5.91 Å². The van der Waals surface area contributed by atoms with Gasteiger partial charge in [-0.05, 0) is 19.1 Å². The Morgan fingerprint density at radius 2 is 2.14 bits per heavy atom. The molecule has 0 atom stereocenters. The Balaban J connectivity index is 2.14. The van der Waals surface area contributed by atoms with Crippen LogP contribution in [0.4, 0.5) is 15.9 Å². The maximum atomic E-state index is 13.1. The van der Waals surface area contributed by atoms with Crippen LogP contribution in [-0.2, 0) is 0 Å². The van der Waals surface area contributed by atoms with Gasteiger partial charge in [-0.25, -0.2) is 14.4 Å². The van der Waals surface area contributed by atoms with Crippen LogP contribution in [-0.4, -0.2) is 29.5 Å². The number of nitrogens with zero attached hydrogens (tertiary/aromatic N) is 2. The summed E-state index contributed by atoms with van der Waals surface area (Å²) in [5, 5.41) is 5.58. The lowest BCUT2D eigenvalue weighted by atomic mass is 10.2. The molecule has 7 heteroatoms. The van der Waals surface area contributed by atoms with E-state index < -0.39 is 11.7 Å². The number of hydrogen-bond acceptors (Lipinski definition) is 5. The third-order valence-corrected chi connectivity index (χ3v) is 2.65. The highest BCUT2D eigenvalue weighted by atomic mass is 19.1. The molecule has 110 valence electrons. The van der Waals surface area contributed by atoms with Crippen LogP contribution in [0.15, 0.2) is 30.6 Å². The van der Waals surface area contributed by atoms with E-state index in [4.69, 9.17) is 4.74 Å². The minimum Gasteiger partial charge on any atom is -0.494 e. The predicted molar refractivity (Wildman–Crippen MR) is 77.1 cm³/mol. The van der Waals surface area contributed by atoms with E-state index in [-0.39, 0.29) is 11.4 Å². The topological polar surface area (TPSA) is 76.1 Å². The van der Waals surface area contributed by atoms with E-state index >= 15 is 0 Å². The molecule has 2 N–H and O–H groups in total. The van der Waals surface area contributed by atoms with Crippen molar-refractivity contribution in [3.8, 4) is 5.75 Å². The minimum absolute atomic E-state index is 0.156. The number of hydrogen-bond donors (Lipinski definition) is 2. The van der Waals surface area contributed by atoms with Crippen molar-refractivity contribution in [3.63, 3.8) is 0 Å². The zero-order valence-electron chi connectivity index (χ0n) is 11.7. The summed E-state index contributed by atoms with van der Waals surface area (Å²) in [7, 11) is 1.40. The van der Waals surface area contributed by atoms with Crippen molar-refractivity contribution in [2.75, 3.05) is 24.3 Å². The molecule has 6 nitrogen and oxygen atoms in total. The molecule has 0 unspecified atom stereocenters. The number of carbonyl (C=O) groups excluding carboxylic acids is 1. The van der Waals surface area contributed by atoms with E-state index in [9.17, 15) is 9.18 Å². The van der Waals surface area contributed by atoms with Gasteiger partial charge in [-0.15, -0.1) is 0 Å². The molecule has 1 aromatic heterocycles. The van der Waals surface area contributed by atoms with Crippen LogP contribution in [0.2, 0.25) is 0 Å². The van der Waals surface area contributed by atoms with Gasteiger partial charge >= 0.3 is 0 Å². The van der Waals surface area contributed by atoms with Gasteiger partial charge in [0.2, 0.25) is 0 Å². The van der Waals surface area contributed by atoms with Crippen LogP contribution in [0.3, 0.4) is 0 Å². The summed E-state index contributed by atoms with van der Waals surface area (Å²) in [6, 6.07) is 3.85. The van der Waals surface area contributed by atoms with Crippen molar-refractivity contribution in [1.82, 2.24) is 9.97 Å². The summed E-state index contributed by atoms with van der Waals surface area (Å²) in [4.78, 5) is 20.1. The molecule has 1 aromatic carbocycles. The van der Waals surface area contributed by atoms with Crippen molar-refractivity contribution in [2.45, 2.75) is 6.92 Å². The van der Waals surface area contributed by atoms with Crippen LogP contribution < -0.4 is 15.4 Å². The Kier molecular flexibility index (Phi) is 4.65. The van der Waals surface area contributed by atoms with Gasteiger partial charge in [0.05, 0.1) is 25.2 Å². The number of nitrogens with one attached hydrogen (secondary N) is 2. The van der Waals surface area contributed by atoms with Crippen LogP contribution in [0.25, 0.3) is 0 Å². The van der Waals surface area contributed by atoms with Crippen molar-refractivity contribution < 1.29 is 13.9 Å². The summed E-state index contributed by atoms with van der Waals surface area (Å²) in [6.07, 6.45) is 2.84. The van der Waals surface area contributed by atoms with Gasteiger partial charge in [0, 0.05) is 12.6 Å². The zero-order valence-corrected chi connectivity index (χ0v) is 11.7. The van der Waals surface area contributed by atoms with E-state index in [1.807, 2.05) is 6.92 Å². The SMILES string of the molecule is CCNc1cnc(C(=O)Nc2ccc(F)cc2OC)cn1. The highest BCUT2D eigenvalue weighted by Crippen LogP contribution is 2.25. The second-order valence-electron chi connectivity index (χ2n) is 4.12. The van der Waals surface area contributed by atoms with Crippen LogP contribution in [0.5, 0.6) is 5.75 Å². The second-order valence-corrected chi connectivity index (χ2v) is 4.12. The van der Waals surface area contributed by atoms with Crippen LogP contribution in [0, 0.1) is 5.82 Å². The highest BCUT2D eigenvalue weighted by molar-refractivity contribution is 6.03. The number of carbonyl (C=O) groups is 1. The molecule has 0 fully saturated rings. The molecule has 0 radical (unpaired) electrons. The number of benzene rings is 1. The Bertz CT molecular complexity index is 631. The number of rotatable bonds is 5. The standard InChI is InChI=1S/C14H15FN4O2/c1-3-16-13-8-17-11(7-18-13)14(20)19-10-5-4-9(15)6-12(10)21-2/h4-8H,3H2,1-2H3,(H,16,18)(H,19,20). The van der Waals surface area contributed by atoms with Gasteiger partial charge in [0.15, 0.2) is 0 Å². The van der Waals surface area contributed by atoms with E-state index in [0.29, 0.717) is 18.1 Å². The molecule has 0 spiro atoms. The molecular weight excluding hydrogens is 275 g/mol. The summed E-state index contributed by atoms with van der Waals surface area (Å²) in [5.41, 5.74) is 0.518. The Hall–Kier alpha value is -2.70. The molecule has 0 saturated carbocycles. The average molecular weight is 290 g/mol. The fraction of sp³-hybridized carbons (Fsp3) is 0.214. The molecule has 1 amide bonds. The molecule has 0 saturated heterocycles. The molecule has 0 aliphatic rings. The minimum atomic E-state index is -0.449. The van der Waals surface area contributed by atoms with Gasteiger partial charge in [0.1, 0.15) is 23.1 Å². The zero-order chi connectivity index (χ0) is 15.2. The van der Waals surface area contributed by atoms with Crippen molar-refractivity contribution in [2.24, 2.45) is 0 Å². The van der Waals surface area contributed by atoms with Crippen LogP contribution >= 0.6 is 0 Å². The smallest absolute Gasteiger partial charge is 0.275 e. The summed E-state index contributed by atoms with van der Waals surface area (Å²) in [6.45, 7) is 2.65. The lowest BCUT2D eigenvalue weighted by Gasteiger charge is -2.10. The average Bonchev–Trinajstić information content (AvgIpc) is 2.50. The van der Waals surface area contributed by atoms with Gasteiger partial charge in [-0.3, -0.25) is 4.79 Å². The van der Waals surface area contributed by atoms with E-state index in [2.05, 4.69) is 20.6 Å². The van der Waals surface area contributed by atoms with Gasteiger partial charge in [-0.1, -0.05) is 0 Å². The molecule has 0 aliphatic carbocycles. The number of ether oxygens (including phenoxy) is 1. The largest absolute Gasteiger partial charge is 0.494 e. The lowest BCUT2D eigenvalue weighted by Crippen LogP contribution is -2.15. The normalized spacial score (nSPS) is 10.0. The van der Waals surface area contributed by atoms with E-state index in [1.54, 1.807) is 0 Å². The molecule has 2 rings (SSSR count). The molecular formula is C14H15FN4O2. The Morgan fingerprint density at radius 3 is 2.76 bits per heavy atom. The highest BCUT2D eigenvalue weighted by Gasteiger charge is 2.12. The Labute approximate surface area is 121 Å². The first-order chi connectivity index (χ1) is 10.1. The summed E-state index contributed by atoms with van der Waals surface area (Å²) in [5.74, 6) is -0.0657. The van der Waals surface area contributed by atoms with E-state index in [1.165, 1.54) is 37.7 Å². The maximum absolute atomic E-state index is 13.1. The molecule has 0 bridgehead atoms. The third-order valence-electron chi connectivity index (χ3n) is 2.65. The number of methoxy groups -OCH3 is 1. The molecule has 0 aliphatic heterocycles. The number of anilines is 2. The first-order valence-electron chi connectivity index (χ1n) is 6.35. The predicted octanol–water partition coefficient (Wildman–Crippen LogP) is 2.31. The van der Waals surface area contributed by atoms with E-state index in [0.717, 1.165) is 0 Å². The Morgan fingerprint density at radius 1 is 1.33 bits per heavy atom. The fourth-order valence-electron chi connectivity index (χ4n) is 1.67. The first kappa shape index (κ1) is 14.7. The second kappa shape index (κ2) is 6.65. The monoisotopic (exact) mass is 290 g/mol. The molecule has 1 heterocycles. The van der Waals surface area contributed by atoms with Crippen molar-refractivity contribution in [3.05, 3.63) is 42.1 Å². The third kappa shape index (κ3) is 3.65. The maximum Gasteiger partial charge on any atom is 0.275 e. The lowest BCUT2D eigenvalue weighted by molar-refractivity contribution is 0.102. The quantitative estimate of drug-likeness (QED) is 0.883. The molecule has 21 heavy (non-hydrogen) atoms. The number of halogens is 1. The number of aromatic nitrogens is 2. The summed E-state index contributed by atoms with van der Waals surface area (Å²) >= 11 is 0. The van der Waals surface area contributed by atoms with Crippen molar-refractivity contribution in [1.29, 1.82) is 0 Å². The van der Waals surface area contributed by atoms with Crippen molar-refractivity contribution >= 4 is 17.4 Å². The van der Waals surface area contributed by atoms with Gasteiger partial charge in [-0.2, -0.15) is 0 Å². The fourth-order valence-corrected chi connectivity index (χ4v) is 1.67. The van der Waals surface area contributed by atoms with Gasteiger partial charge < -0.3 is 15.4 Å².